The molecule has 0 spiro atoms. The van der Waals surface area contributed by atoms with E-state index in [1.165, 1.54) is 28.8 Å². The van der Waals surface area contributed by atoms with Crippen LogP contribution in [-0.4, -0.2) is 48.2 Å². The normalized spacial score (nSPS) is 19.3. The molecule has 2 heterocycles. The molecule has 42 heavy (non-hydrogen) atoms. The predicted octanol–water partition coefficient (Wildman–Crippen LogP) is 5.71. The zero-order chi connectivity index (χ0) is 30.2. The van der Waals surface area contributed by atoms with Crippen molar-refractivity contribution in [1.29, 1.82) is 0 Å². The highest BCUT2D eigenvalue weighted by atomic mass is 32.2. The third kappa shape index (κ3) is 6.09. The van der Waals surface area contributed by atoms with Gasteiger partial charge in [-0.2, -0.15) is 0 Å². The molecule has 0 radical (unpaired) electrons. The van der Waals surface area contributed by atoms with Crippen LogP contribution in [0, 0.1) is 19.7 Å². The van der Waals surface area contributed by atoms with Gasteiger partial charge in [-0.3, -0.25) is 9.59 Å². The van der Waals surface area contributed by atoms with Crippen molar-refractivity contribution in [1.82, 2.24) is 9.47 Å². The molecule has 10 heteroatoms. The van der Waals surface area contributed by atoms with Crippen LogP contribution >= 0.6 is 0 Å². The van der Waals surface area contributed by atoms with Crippen molar-refractivity contribution in [2.24, 2.45) is 7.05 Å². The Balaban J connectivity index is 1.53. The van der Waals surface area contributed by atoms with Crippen molar-refractivity contribution in [3.63, 3.8) is 0 Å². The van der Waals surface area contributed by atoms with Crippen molar-refractivity contribution in [2.75, 3.05) is 12.3 Å². The smallest absolute Gasteiger partial charge is 0.254 e. The van der Waals surface area contributed by atoms with E-state index in [1.807, 2.05) is 4.90 Å². The summed E-state index contributed by atoms with van der Waals surface area (Å²) in [5.41, 5.74) is 1.86. The standard InChI is InChI=1S/C32H37FN2O6S/c1-5-42(38,39)25-12-13-28(41-32-20(2)15-22(33)16-21(32)3)26(17-25)27-19-34(4)31(37)18-29(27)40-24-10-8-23(9-11-24)35-14-6-7-30(35)36/h12-13,15-19,23-24H,5-11,14H2,1-4H3. The summed E-state index contributed by atoms with van der Waals surface area (Å²) >= 11 is 0. The molecule has 3 aromatic rings. The van der Waals surface area contributed by atoms with Crippen molar-refractivity contribution < 1.29 is 27.1 Å². The highest BCUT2D eigenvalue weighted by Gasteiger charge is 2.32. The summed E-state index contributed by atoms with van der Waals surface area (Å²) in [7, 11) is -1.94. The predicted molar refractivity (Wildman–Crippen MR) is 158 cm³/mol. The van der Waals surface area contributed by atoms with Gasteiger partial charge in [0.2, 0.25) is 5.91 Å². The second kappa shape index (κ2) is 11.9. The van der Waals surface area contributed by atoms with E-state index in [0.717, 1.165) is 38.6 Å². The molecule has 0 N–H and O–H groups in total. The van der Waals surface area contributed by atoms with Crippen LogP contribution in [0.1, 0.15) is 56.6 Å². The number of hydrogen-bond donors (Lipinski definition) is 0. The molecular formula is C32H37FN2O6S. The average Bonchev–Trinajstić information content (AvgIpc) is 3.38. The van der Waals surface area contributed by atoms with E-state index < -0.39 is 9.84 Å². The third-order valence-corrected chi connectivity index (χ3v) is 10.0. The van der Waals surface area contributed by atoms with Crippen LogP contribution in [0.4, 0.5) is 4.39 Å². The number of nitrogens with zero attached hydrogens (tertiary/aromatic N) is 2. The first-order valence-electron chi connectivity index (χ1n) is 14.5. The van der Waals surface area contributed by atoms with Gasteiger partial charge >= 0.3 is 0 Å². The molecule has 2 aromatic carbocycles. The van der Waals surface area contributed by atoms with Crippen LogP contribution < -0.4 is 15.0 Å². The Morgan fingerprint density at radius 2 is 1.64 bits per heavy atom. The zero-order valence-corrected chi connectivity index (χ0v) is 25.3. The maximum atomic E-state index is 14.0. The van der Waals surface area contributed by atoms with Crippen molar-refractivity contribution in [3.8, 4) is 28.4 Å². The lowest BCUT2D eigenvalue weighted by Crippen LogP contribution is -2.40. The van der Waals surface area contributed by atoms with Gasteiger partial charge in [-0.1, -0.05) is 6.92 Å². The Morgan fingerprint density at radius 1 is 0.952 bits per heavy atom. The minimum Gasteiger partial charge on any atom is -0.490 e. The Kier molecular flexibility index (Phi) is 8.46. The van der Waals surface area contributed by atoms with Gasteiger partial charge < -0.3 is 18.9 Å². The molecule has 0 bridgehead atoms. The summed E-state index contributed by atoms with van der Waals surface area (Å²) in [5, 5.41) is 0. The Hall–Kier alpha value is -3.66. The third-order valence-electron chi connectivity index (χ3n) is 8.30. The SMILES string of the molecule is CCS(=O)(=O)c1ccc(Oc2c(C)cc(F)cc2C)c(-c2cn(C)c(=O)cc2OC2CCC(N3CCCC3=O)CC2)c1. The summed E-state index contributed by atoms with van der Waals surface area (Å²) in [6.45, 7) is 5.87. The molecule has 8 nitrogen and oxygen atoms in total. The minimum atomic E-state index is -3.56. The maximum absolute atomic E-state index is 14.0. The molecule has 1 amide bonds. The van der Waals surface area contributed by atoms with Crippen LogP contribution in [0.15, 0.2) is 52.3 Å². The van der Waals surface area contributed by atoms with Crippen LogP contribution in [0.5, 0.6) is 17.2 Å². The van der Waals surface area contributed by atoms with Crippen LogP contribution in [-0.2, 0) is 21.7 Å². The summed E-state index contributed by atoms with van der Waals surface area (Å²) in [5.74, 6) is 0.909. The number of benzene rings is 2. The molecule has 224 valence electrons. The lowest BCUT2D eigenvalue weighted by Gasteiger charge is -2.35. The number of carbonyl (C=O) groups excluding carboxylic acids is 1. The quantitative estimate of drug-likeness (QED) is 0.331. The summed E-state index contributed by atoms with van der Waals surface area (Å²) < 4.78 is 54.0. The van der Waals surface area contributed by atoms with Gasteiger partial charge in [0, 0.05) is 49.4 Å². The lowest BCUT2D eigenvalue weighted by molar-refractivity contribution is -0.130. The van der Waals surface area contributed by atoms with Crippen LogP contribution in [0.2, 0.25) is 0 Å². The Labute approximate surface area is 246 Å². The van der Waals surface area contributed by atoms with E-state index in [0.29, 0.717) is 45.9 Å². The van der Waals surface area contributed by atoms with E-state index in [9.17, 15) is 22.4 Å². The number of pyridine rings is 1. The number of aryl methyl sites for hydroxylation is 3. The number of likely N-dealkylation sites (tertiary alicyclic amines) is 1. The Bertz CT molecular complexity index is 1650. The van der Waals surface area contributed by atoms with E-state index in [-0.39, 0.29) is 40.1 Å². The second-order valence-corrected chi connectivity index (χ2v) is 13.5. The number of halogens is 1. The van der Waals surface area contributed by atoms with Gasteiger partial charge in [0.05, 0.1) is 16.8 Å². The minimum absolute atomic E-state index is 0.0811. The van der Waals surface area contributed by atoms with E-state index in [1.54, 1.807) is 46.1 Å². The molecule has 1 saturated carbocycles. The van der Waals surface area contributed by atoms with E-state index in [4.69, 9.17) is 9.47 Å². The molecule has 1 saturated heterocycles. The molecule has 1 aliphatic carbocycles. The summed E-state index contributed by atoms with van der Waals surface area (Å²) in [6, 6.07) is 9.02. The second-order valence-electron chi connectivity index (χ2n) is 11.3. The molecular weight excluding hydrogens is 559 g/mol. The topological polar surface area (TPSA) is 94.9 Å². The van der Waals surface area contributed by atoms with Gasteiger partial charge in [-0.15, -0.1) is 0 Å². The number of sulfone groups is 1. The first kappa shape index (κ1) is 29.8. The fraction of sp³-hybridized carbons (Fsp3) is 0.438. The number of aromatic nitrogens is 1. The van der Waals surface area contributed by atoms with Gasteiger partial charge in [0.1, 0.15) is 23.1 Å². The number of amides is 1. The largest absolute Gasteiger partial charge is 0.490 e. The molecule has 2 fully saturated rings. The molecule has 1 aliphatic heterocycles. The maximum Gasteiger partial charge on any atom is 0.254 e. The Morgan fingerprint density at radius 3 is 2.26 bits per heavy atom. The first-order valence-corrected chi connectivity index (χ1v) is 16.1. The highest BCUT2D eigenvalue weighted by Crippen LogP contribution is 2.42. The van der Waals surface area contributed by atoms with Crippen LogP contribution in [0.25, 0.3) is 11.1 Å². The molecule has 2 aliphatic rings. The number of carbonyl (C=O) groups is 1. The van der Waals surface area contributed by atoms with Crippen molar-refractivity contribution in [2.45, 2.75) is 76.3 Å². The monoisotopic (exact) mass is 596 g/mol. The summed E-state index contributed by atoms with van der Waals surface area (Å²) in [4.78, 5) is 27.1. The molecule has 0 atom stereocenters. The van der Waals surface area contributed by atoms with Crippen LogP contribution in [0.3, 0.4) is 0 Å². The number of rotatable bonds is 8. The molecule has 5 rings (SSSR count). The van der Waals surface area contributed by atoms with E-state index >= 15 is 0 Å². The molecule has 1 aromatic heterocycles. The van der Waals surface area contributed by atoms with Gasteiger partial charge in [0.15, 0.2) is 9.84 Å². The lowest BCUT2D eigenvalue weighted by atomic mass is 9.92. The fourth-order valence-corrected chi connectivity index (χ4v) is 6.87. The average molecular weight is 597 g/mol. The van der Waals surface area contributed by atoms with Crippen molar-refractivity contribution >= 4 is 15.7 Å². The zero-order valence-electron chi connectivity index (χ0n) is 24.5. The van der Waals surface area contributed by atoms with E-state index in [2.05, 4.69) is 0 Å². The number of ether oxygens (including phenoxy) is 2. The number of hydrogen-bond acceptors (Lipinski definition) is 6. The van der Waals surface area contributed by atoms with Gasteiger partial charge in [-0.05, 0) is 87.4 Å². The fourth-order valence-electron chi connectivity index (χ4n) is 5.96. The van der Waals surface area contributed by atoms with Gasteiger partial charge in [-0.25, -0.2) is 12.8 Å². The molecule has 0 unspecified atom stereocenters. The highest BCUT2D eigenvalue weighted by molar-refractivity contribution is 7.91. The first-order chi connectivity index (χ1) is 20.0. The van der Waals surface area contributed by atoms with Crippen molar-refractivity contribution in [3.05, 3.63) is 69.9 Å². The summed E-state index contributed by atoms with van der Waals surface area (Å²) in [6.07, 6.45) is 6.06. The van der Waals surface area contributed by atoms with Gasteiger partial charge in [0.25, 0.3) is 5.56 Å².